The summed E-state index contributed by atoms with van der Waals surface area (Å²) < 4.78 is 1.70. The summed E-state index contributed by atoms with van der Waals surface area (Å²) >= 11 is 0. The molecule has 3 N–H and O–H groups in total. The molecule has 3 aromatic heterocycles. The second-order valence-corrected chi connectivity index (χ2v) is 19.6. The molecule has 1 amide bonds. The predicted octanol–water partition coefficient (Wildman–Crippen LogP) is 8.67. The third-order valence-corrected chi connectivity index (χ3v) is 13.2. The molecule has 6 rings (SSSR count). The Labute approximate surface area is 357 Å². The summed E-state index contributed by atoms with van der Waals surface area (Å²) in [5.74, 6) is -0.767. The second kappa shape index (κ2) is 17.8. The van der Waals surface area contributed by atoms with Crippen LogP contribution in [-0.2, 0) is 28.9 Å². The first-order valence-corrected chi connectivity index (χ1v) is 22.3. The fourth-order valence-electron chi connectivity index (χ4n) is 9.86. The van der Waals surface area contributed by atoms with Crippen molar-refractivity contribution in [3.63, 3.8) is 0 Å². The number of nitrogens with zero attached hydrogens (tertiary/aromatic N) is 5. The van der Waals surface area contributed by atoms with Gasteiger partial charge in [0.15, 0.2) is 5.78 Å². The molecule has 2 aliphatic heterocycles. The minimum Gasteiger partial charge on any atom is -0.481 e. The number of allylic oxidation sites excluding steroid dienone is 2. The number of amides is 1. The van der Waals surface area contributed by atoms with Gasteiger partial charge in [-0.3, -0.25) is 19.4 Å². The molecule has 5 heterocycles. The second-order valence-electron chi connectivity index (χ2n) is 19.6. The zero-order valence-corrected chi connectivity index (χ0v) is 38.6. The number of aryl methyl sites for hydroxylation is 4. The summed E-state index contributed by atoms with van der Waals surface area (Å²) in [4.78, 5) is 60.7. The van der Waals surface area contributed by atoms with Crippen LogP contribution in [0.3, 0.4) is 0 Å². The van der Waals surface area contributed by atoms with Crippen LogP contribution < -0.4 is 0 Å². The Morgan fingerprint density at radius 3 is 2.03 bits per heavy atom. The Bertz CT molecular complexity index is 2350. The van der Waals surface area contributed by atoms with Crippen molar-refractivity contribution in [1.29, 1.82) is 0 Å². The lowest BCUT2D eigenvalue weighted by Crippen LogP contribution is -2.41. The lowest BCUT2D eigenvalue weighted by atomic mass is 9.83. The smallest absolute Gasteiger partial charge is 0.303 e. The lowest BCUT2D eigenvalue weighted by Gasteiger charge is -2.29. The fourth-order valence-corrected chi connectivity index (χ4v) is 9.86. The van der Waals surface area contributed by atoms with E-state index in [9.17, 15) is 19.5 Å². The number of carbonyl (C=O) groups excluding carboxylic acids is 2. The number of quaternary nitrogens is 2. The number of hydrogen-bond donors (Lipinski definition) is 3. The molecular weight excluding hydrogens is 751 g/mol. The Hall–Kier alpha value is -4.61. The van der Waals surface area contributed by atoms with Crippen molar-refractivity contribution >= 4 is 50.9 Å². The van der Waals surface area contributed by atoms with E-state index >= 15 is 0 Å². The zero-order chi connectivity index (χ0) is 43.8. The molecule has 60 heavy (non-hydrogen) atoms. The van der Waals surface area contributed by atoms with Crippen molar-refractivity contribution in [3.8, 4) is 0 Å². The van der Waals surface area contributed by atoms with Gasteiger partial charge in [-0.15, -0.1) is 0 Å². The van der Waals surface area contributed by atoms with Crippen LogP contribution in [0.1, 0.15) is 145 Å². The monoisotopic (exact) mass is 822 g/mol. The molecule has 324 valence electrons. The van der Waals surface area contributed by atoms with E-state index in [-0.39, 0.29) is 36.4 Å². The first kappa shape index (κ1) is 44.9. The SMILES string of the molecule is CCC1=C(C)c2cc3[nH]c(c(C)c3CC)c(CCCC(=O)O)c3nc(c4c5[nH]c(cc1n2)c(C)c5C(=O)C4)[C@@H](CCC(=O)N(CCC[N+](C)(C)C)CCC[N+](C)(C)C)[C@@H]3C. The number of carboxylic acids is 1. The van der Waals surface area contributed by atoms with Crippen LogP contribution >= 0.6 is 0 Å². The number of ketones is 1. The maximum atomic E-state index is 14.4. The van der Waals surface area contributed by atoms with E-state index in [1.807, 2.05) is 6.92 Å². The first-order valence-electron chi connectivity index (χ1n) is 22.3. The molecule has 0 spiro atoms. The number of Topliss-reactive ketones (excluding diaryl/α,β-unsaturated/α-hetero) is 1. The van der Waals surface area contributed by atoms with E-state index in [1.165, 1.54) is 11.1 Å². The molecular formula is C49H71N7O4+2. The standard InChI is InChI=1S/C49H69N7O4/c1-13-33-29(3)38-27-41-34(14-2)30(4)46(52-41)36(18-15-19-44(59)60)47-31(5)35(20-21-43(58)54(22-16-24-55(7,8)9)23-17-25-56(10,11)12)48(53-47)37-26-42(57)45-32(6)39(51-49(37)45)28-40(33)50-38/h27-28,31,35H,13-26H2,1-12H3,(H-2,50,51,52,53,57,59,60)/p+2/t31-,35-/m0/s1. The topological polar surface area (TPSA) is 132 Å². The Balaban J connectivity index is 1.55. The maximum absolute atomic E-state index is 14.4. The van der Waals surface area contributed by atoms with Gasteiger partial charge in [0.25, 0.3) is 0 Å². The van der Waals surface area contributed by atoms with E-state index in [2.05, 4.69) is 104 Å². The third kappa shape index (κ3) is 9.47. The maximum Gasteiger partial charge on any atom is 0.303 e. The highest BCUT2D eigenvalue weighted by atomic mass is 16.4. The van der Waals surface area contributed by atoms with E-state index in [0.29, 0.717) is 25.7 Å². The van der Waals surface area contributed by atoms with Gasteiger partial charge < -0.3 is 28.9 Å². The van der Waals surface area contributed by atoms with Gasteiger partial charge in [-0.05, 0) is 98.4 Å². The molecule has 0 saturated heterocycles. The van der Waals surface area contributed by atoms with Crippen LogP contribution in [0, 0.1) is 13.8 Å². The van der Waals surface area contributed by atoms with E-state index in [0.717, 1.165) is 139 Å². The van der Waals surface area contributed by atoms with Crippen LogP contribution in [0.4, 0.5) is 0 Å². The summed E-state index contributed by atoms with van der Waals surface area (Å²) in [7, 11) is 13.2. The molecule has 3 aliphatic rings. The average molecular weight is 822 g/mol. The van der Waals surface area contributed by atoms with Crippen molar-refractivity contribution in [1.82, 2.24) is 24.8 Å². The van der Waals surface area contributed by atoms with Gasteiger partial charge >= 0.3 is 5.97 Å². The van der Waals surface area contributed by atoms with Gasteiger partial charge in [0.2, 0.25) is 5.91 Å². The van der Waals surface area contributed by atoms with E-state index in [1.54, 1.807) is 0 Å². The summed E-state index contributed by atoms with van der Waals surface area (Å²) in [6, 6.07) is 4.27. The highest BCUT2D eigenvalue weighted by Gasteiger charge is 2.37. The summed E-state index contributed by atoms with van der Waals surface area (Å²) in [6.07, 6.45) is 5.77. The van der Waals surface area contributed by atoms with Crippen molar-refractivity contribution in [2.75, 3.05) is 68.5 Å². The quantitative estimate of drug-likeness (QED) is 0.117. The summed E-state index contributed by atoms with van der Waals surface area (Å²) in [6.45, 7) is 16.3. The molecule has 0 aromatic carbocycles. The number of hydrogen-bond acceptors (Lipinski definition) is 5. The lowest BCUT2D eigenvalue weighted by molar-refractivity contribution is -0.870. The van der Waals surface area contributed by atoms with Crippen molar-refractivity contribution < 1.29 is 28.5 Å². The number of nitrogens with one attached hydrogen (secondary N) is 2. The fraction of sp³-hybridized carbons (Fsp3) is 0.571. The van der Waals surface area contributed by atoms with Crippen LogP contribution in [-0.4, -0.2) is 125 Å². The number of carboxylic acid groups (broad SMARTS) is 1. The van der Waals surface area contributed by atoms with Crippen LogP contribution in [0.2, 0.25) is 0 Å². The van der Waals surface area contributed by atoms with Crippen molar-refractivity contribution in [2.45, 2.75) is 118 Å². The molecule has 0 unspecified atom stereocenters. The number of fused-ring (bicyclic) bond motifs is 8. The molecule has 11 heteroatoms. The molecule has 0 fully saturated rings. The van der Waals surface area contributed by atoms with Crippen molar-refractivity contribution in [2.24, 2.45) is 0 Å². The number of carbonyl (C=O) groups is 3. The molecule has 11 nitrogen and oxygen atoms in total. The van der Waals surface area contributed by atoms with Crippen LogP contribution in [0.5, 0.6) is 0 Å². The van der Waals surface area contributed by atoms with Gasteiger partial charge in [-0.25, -0.2) is 4.98 Å². The number of H-pyrrole nitrogens is 2. The molecule has 8 bridgehead atoms. The molecule has 2 atom stereocenters. The van der Waals surface area contributed by atoms with E-state index < -0.39 is 5.97 Å². The van der Waals surface area contributed by atoms with Crippen LogP contribution in [0.15, 0.2) is 12.1 Å². The van der Waals surface area contributed by atoms with Gasteiger partial charge in [-0.2, -0.15) is 0 Å². The molecule has 3 aromatic rings. The Kier molecular flexibility index (Phi) is 13.3. The number of rotatable bonds is 17. The van der Waals surface area contributed by atoms with Gasteiger partial charge in [0.05, 0.1) is 78.0 Å². The molecule has 0 radical (unpaired) electrons. The predicted molar refractivity (Wildman–Crippen MR) is 243 cm³/mol. The average Bonchev–Trinajstić information content (AvgIpc) is 3.92. The minimum absolute atomic E-state index is 0.0481. The highest BCUT2D eigenvalue weighted by Crippen LogP contribution is 2.46. The normalized spacial score (nSPS) is 16.6. The summed E-state index contributed by atoms with van der Waals surface area (Å²) in [5.41, 5.74) is 15.5. The number of aliphatic carboxylic acids is 1. The highest BCUT2D eigenvalue weighted by molar-refractivity contribution is 6.13. The minimum atomic E-state index is -0.824. The number of aromatic amines is 2. The summed E-state index contributed by atoms with van der Waals surface area (Å²) in [5, 5.41) is 9.75. The Morgan fingerprint density at radius 1 is 0.800 bits per heavy atom. The van der Waals surface area contributed by atoms with Gasteiger partial charge in [0, 0.05) is 90.4 Å². The third-order valence-electron chi connectivity index (χ3n) is 13.2. The van der Waals surface area contributed by atoms with Crippen molar-refractivity contribution in [3.05, 3.63) is 68.3 Å². The number of aromatic nitrogens is 4. The molecule has 1 aliphatic carbocycles. The van der Waals surface area contributed by atoms with E-state index in [4.69, 9.17) is 9.97 Å². The zero-order valence-electron chi connectivity index (χ0n) is 38.6. The Morgan fingerprint density at radius 2 is 1.43 bits per heavy atom. The molecule has 0 saturated carbocycles. The largest absolute Gasteiger partial charge is 0.481 e. The van der Waals surface area contributed by atoms with Crippen LogP contribution in [0.25, 0.3) is 33.2 Å². The first-order chi connectivity index (χ1) is 28.2. The van der Waals surface area contributed by atoms with Gasteiger partial charge in [0.1, 0.15) is 0 Å². The van der Waals surface area contributed by atoms with Gasteiger partial charge in [-0.1, -0.05) is 20.8 Å².